The van der Waals surface area contributed by atoms with Crippen molar-refractivity contribution in [1.29, 1.82) is 0 Å². The third-order valence-electron chi connectivity index (χ3n) is 5.36. The summed E-state index contributed by atoms with van der Waals surface area (Å²) < 4.78 is 16.3. The monoisotopic (exact) mass is 603 g/mol. The molecule has 207 valence electrons. The maximum Gasteiger partial charge on any atom is 0.569 e. The Balaban J connectivity index is 0.000000222. The fourth-order valence-corrected chi connectivity index (χ4v) is 3.60. The van der Waals surface area contributed by atoms with Crippen LogP contribution >= 0.6 is 15.9 Å². The van der Waals surface area contributed by atoms with Crippen LogP contribution in [0.1, 0.15) is 48.4 Å². The normalized spacial score (nSPS) is 9.65. The van der Waals surface area contributed by atoms with Crippen molar-refractivity contribution in [2.75, 3.05) is 13.2 Å². The zero-order chi connectivity index (χ0) is 29.3. The van der Waals surface area contributed by atoms with Crippen LogP contribution in [-0.4, -0.2) is 37.5 Å². The summed E-state index contributed by atoms with van der Waals surface area (Å²) in [6.07, 6.45) is 0. The molecule has 0 unspecified atom stereocenters. The van der Waals surface area contributed by atoms with Gasteiger partial charge in [0.1, 0.15) is 17.2 Å². The van der Waals surface area contributed by atoms with Gasteiger partial charge in [-0.2, -0.15) is 0 Å². The maximum absolute atomic E-state index is 11.2. The lowest BCUT2D eigenvalue weighted by Crippen LogP contribution is -1.99. The lowest BCUT2D eigenvalue weighted by molar-refractivity contribution is 0.100. The number of Topliss-reactive ketones (excluding diaryl/α,β-unsaturated/α-hetero) is 2. The Morgan fingerprint density at radius 2 is 0.975 bits per heavy atom. The Morgan fingerprint density at radius 3 is 1.35 bits per heavy atom. The summed E-state index contributed by atoms with van der Waals surface area (Å²) in [6, 6.07) is 29.9. The summed E-state index contributed by atoms with van der Waals surface area (Å²) in [5, 5.41) is 8.31. The molecule has 4 rings (SSSR count). The lowest BCUT2D eigenvalue weighted by Gasteiger charge is -2.05. The summed E-state index contributed by atoms with van der Waals surface area (Å²) in [5.41, 5.74) is 3.71. The first-order chi connectivity index (χ1) is 19.3. The Kier molecular flexibility index (Phi) is 14.3. The molecule has 6 nitrogen and oxygen atoms in total. The summed E-state index contributed by atoms with van der Waals surface area (Å²) >= 11 is 3.28. The van der Waals surface area contributed by atoms with Crippen LogP contribution in [-0.2, 0) is 0 Å². The first-order valence-electron chi connectivity index (χ1n) is 12.7. The van der Waals surface area contributed by atoms with E-state index in [0.29, 0.717) is 26.6 Å². The highest BCUT2D eigenvalue weighted by molar-refractivity contribution is 9.10. The molecule has 0 aliphatic rings. The standard InChI is InChI=1S/C16H16O2.C8H10BO3.C8H7BrO/c1-3-18-16-10-8-15(9-11-16)14-6-4-13(5-7-14)12(2)17;1-2-11-7-3-5-8(6-4-7)12-9-10;1-6(10)7-2-4-8(9)5-3-7/h4-11H,3H2,1-2H3;3-6,10H,2H2,1H3;2-5H,1H3. The predicted octanol–water partition coefficient (Wildman–Crippen LogP) is 7.60. The van der Waals surface area contributed by atoms with Crippen molar-refractivity contribution in [2.45, 2.75) is 27.7 Å². The minimum atomic E-state index is 0.0910. The molecule has 0 heterocycles. The number of halogens is 1. The van der Waals surface area contributed by atoms with Gasteiger partial charge in [-0.1, -0.05) is 64.5 Å². The topological polar surface area (TPSA) is 82.1 Å². The van der Waals surface area contributed by atoms with Crippen molar-refractivity contribution in [2.24, 2.45) is 0 Å². The number of carbonyl (C=O) groups excluding carboxylic acids is 2. The van der Waals surface area contributed by atoms with Crippen LogP contribution < -0.4 is 14.1 Å². The number of ether oxygens (including phenoxy) is 2. The summed E-state index contributed by atoms with van der Waals surface area (Å²) in [4.78, 5) is 21.9. The number of carbonyl (C=O) groups is 2. The van der Waals surface area contributed by atoms with Crippen molar-refractivity contribution in [3.63, 3.8) is 0 Å². The molecule has 0 fully saturated rings. The molecular weight excluding hydrogens is 571 g/mol. The van der Waals surface area contributed by atoms with Gasteiger partial charge >= 0.3 is 7.69 Å². The van der Waals surface area contributed by atoms with E-state index < -0.39 is 0 Å². The average molecular weight is 604 g/mol. The minimum absolute atomic E-state index is 0.0910. The van der Waals surface area contributed by atoms with E-state index in [2.05, 4.69) is 15.9 Å². The molecule has 4 aromatic carbocycles. The van der Waals surface area contributed by atoms with Crippen LogP contribution in [0.5, 0.6) is 17.2 Å². The van der Waals surface area contributed by atoms with Gasteiger partial charge in [0.2, 0.25) is 0 Å². The van der Waals surface area contributed by atoms with Crippen molar-refractivity contribution in [3.8, 4) is 28.4 Å². The zero-order valence-corrected chi connectivity index (χ0v) is 24.7. The second-order valence-electron chi connectivity index (χ2n) is 8.28. The molecule has 0 amide bonds. The maximum atomic E-state index is 11.2. The minimum Gasteiger partial charge on any atom is -0.537 e. The summed E-state index contributed by atoms with van der Waals surface area (Å²) in [5.74, 6) is 2.45. The third kappa shape index (κ3) is 11.5. The van der Waals surface area contributed by atoms with Crippen molar-refractivity contribution < 1.29 is 28.7 Å². The third-order valence-corrected chi connectivity index (χ3v) is 5.89. The zero-order valence-electron chi connectivity index (χ0n) is 23.1. The average Bonchev–Trinajstić information content (AvgIpc) is 2.96. The van der Waals surface area contributed by atoms with Crippen LogP contribution in [0.3, 0.4) is 0 Å². The van der Waals surface area contributed by atoms with Gasteiger partial charge in [0.05, 0.1) is 13.2 Å². The van der Waals surface area contributed by atoms with Crippen LogP contribution in [0, 0.1) is 0 Å². The molecule has 8 heteroatoms. The second-order valence-corrected chi connectivity index (χ2v) is 9.20. The molecule has 0 aliphatic carbocycles. The van der Waals surface area contributed by atoms with Crippen molar-refractivity contribution in [1.82, 2.24) is 0 Å². The van der Waals surface area contributed by atoms with E-state index in [1.807, 2.05) is 74.5 Å². The molecule has 0 aromatic heterocycles. The number of rotatable bonds is 9. The highest BCUT2D eigenvalue weighted by Gasteiger charge is 2.02. The molecule has 4 aromatic rings. The number of hydrogen-bond acceptors (Lipinski definition) is 6. The van der Waals surface area contributed by atoms with E-state index in [1.54, 1.807) is 50.2 Å². The molecular formula is C32H33BBrO6. The van der Waals surface area contributed by atoms with Gasteiger partial charge in [0, 0.05) is 15.6 Å². The molecule has 40 heavy (non-hydrogen) atoms. The number of ketones is 2. The predicted molar refractivity (Wildman–Crippen MR) is 163 cm³/mol. The Bertz CT molecular complexity index is 1280. The Hall–Kier alpha value is -3.88. The van der Waals surface area contributed by atoms with Gasteiger partial charge in [-0.05, 0) is 87.4 Å². The van der Waals surface area contributed by atoms with Crippen LogP contribution in [0.2, 0.25) is 0 Å². The van der Waals surface area contributed by atoms with Gasteiger partial charge in [-0.15, -0.1) is 0 Å². The van der Waals surface area contributed by atoms with E-state index >= 15 is 0 Å². The first kappa shape index (κ1) is 32.3. The molecule has 0 bridgehead atoms. The highest BCUT2D eigenvalue weighted by Crippen LogP contribution is 2.23. The molecule has 0 atom stereocenters. The molecule has 0 spiro atoms. The molecule has 1 radical (unpaired) electrons. The van der Waals surface area contributed by atoms with Gasteiger partial charge in [0.25, 0.3) is 0 Å². The largest absolute Gasteiger partial charge is 0.569 e. The quantitative estimate of drug-likeness (QED) is 0.157. The van der Waals surface area contributed by atoms with Gasteiger partial charge in [-0.3, -0.25) is 9.59 Å². The fraction of sp³-hybridized carbons (Fsp3) is 0.188. The summed E-state index contributed by atoms with van der Waals surface area (Å²) in [6.45, 7) is 8.34. The van der Waals surface area contributed by atoms with Gasteiger partial charge < -0.3 is 19.2 Å². The van der Waals surface area contributed by atoms with Crippen LogP contribution in [0.25, 0.3) is 11.1 Å². The van der Waals surface area contributed by atoms with Crippen LogP contribution in [0.15, 0.2) is 102 Å². The number of hydrogen-bond donors (Lipinski definition) is 1. The van der Waals surface area contributed by atoms with E-state index in [9.17, 15) is 9.59 Å². The van der Waals surface area contributed by atoms with Gasteiger partial charge in [-0.25, -0.2) is 0 Å². The lowest BCUT2D eigenvalue weighted by atomic mass is 10.0. The molecule has 0 saturated carbocycles. The van der Waals surface area contributed by atoms with Crippen molar-refractivity contribution in [3.05, 3.63) is 113 Å². The molecule has 0 saturated heterocycles. The van der Waals surface area contributed by atoms with Gasteiger partial charge in [0.15, 0.2) is 11.6 Å². The van der Waals surface area contributed by atoms with Crippen LogP contribution in [0.4, 0.5) is 0 Å². The summed E-state index contributed by atoms with van der Waals surface area (Å²) in [7, 11) is 0.648. The van der Waals surface area contributed by atoms with Crippen molar-refractivity contribution >= 4 is 35.2 Å². The van der Waals surface area contributed by atoms with E-state index in [0.717, 1.165) is 38.2 Å². The molecule has 0 aliphatic heterocycles. The second kappa shape index (κ2) is 17.7. The smallest absolute Gasteiger partial charge is 0.537 e. The highest BCUT2D eigenvalue weighted by atomic mass is 79.9. The van der Waals surface area contributed by atoms with E-state index in [4.69, 9.17) is 19.2 Å². The van der Waals surface area contributed by atoms with E-state index in [1.165, 1.54) is 0 Å². The SMILES string of the molecule is CC(=O)c1ccc(Br)cc1.CCOc1ccc(-c2ccc(C(C)=O)cc2)cc1.CCOc1ccc(O[B]O)cc1. The molecule has 1 N–H and O–H groups in total. The van der Waals surface area contributed by atoms with E-state index in [-0.39, 0.29) is 11.6 Å². The Morgan fingerprint density at radius 1 is 0.625 bits per heavy atom. The fourth-order valence-electron chi connectivity index (χ4n) is 3.33. The number of benzene rings is 4. The first-order valence-corrected chi connectivity index (χ1v) is 13.5. The Labute approximate surface area is 245 Å².